The molecule has 7 rings (SSSR count). The summed E-state index contributed by atoms with van der Waals surface area (Å²) in [6, 6.07) is 16.6. The third kappa shape index (κ3) is 7.45. The summed E-state index contributed by atoms with van der Waals surface area (Å²) < 4.78 is 26.5. The number of piperazine rings is 1. The van der Waals surface area contributed by atoms with Gasteiger partial charge in [-0.15, -0.1) is 0 Å². The van der Waals surface area contributed by atoms with Gasteiger partial charge in [0.2, 0.25) is 11.8 Å². The number of carboxylic acid groups (broad SMARTS) is 1. The lowest BCUT2D eigenvalue weighted by atomic mass is 9.90. The first-order valence-corrected chi connectivity index (χ1v) is 15.0. The number of carbonyl (C=O) groups is 4. The van der Waals surface area contributed by atoms with Crippen molar-refractivity contribution in [3.63, 3.8) is 0 Å². The Bertz CT molecular complexity index is 1630. The highest BCUT2D eigenvalue weighted by Gasteiger charge is 2.43. The number of aliphatic imine (C=N–C) groups is 1. The van der Waals surface area contributed by atoms with Crippen LogP contribution < -0.4 is 10.6 Å². The quantitative estimate of drug-likeness (QED) is 0.328. The molecule has 46 heavy (non-hydrogen) atoms. The monoisotopic (exact) mass is 631 g/mol. The second-order valence-corrected chi connectivity index (χ2v) is 11.6. The molecule has 4 aliphatic rings. The van der Waals surface area contributed by atoms with Crippen LogP contribution in [0.4, 0.5) is 8.78 Å². The van der Waals surface area contributed by atoms with E-state index in [0.717, 1.165) is 30.5 Å². The lowest BCUT2D eigenvalue weighted by molar-refractivity contribution is -0.133. The number of nitrogens with zero attached hydrogens (tertiary/aromatic N) is 3. The third-order valence-corrected chi connectivity index (χ3v) is 8.59. The molecule has 3 N–H and O–H groups in total. The molecule has 240 valence electrons. The molecule has 3 aromatic carbocycles. The van der Waals surface area contributed by atoms with Crippen LogP contribution in [-0.4, -0.2) is 77.0 Å². The highest BCUT2D eigenvalue weighted by molar-refractivity contribution is 6.47. The van der Waals surface area contributed by atoms with Crippen LogP contribution >= 0.6 is 0 Å². The summed E-state index contributed by atoms with van der Waals surface area (Å²) in [4.78, 5) is 57.3. The standard InChI is InChI=1S/C33H33F2N5O3.CH2O2/c1-39-18-26-12-11-25(39)19-40(26)33(43)31-28-14-22(15-29(41)36-16-20-2-7-23(34)8-3-20)6-13-27(28)30(38-31)32(42)37-17-21-4-9-24(35)10-5-21;2-1-3/h2-10,13-14,25-26,30H,11-12,15-19H2,1H3,(H,36,41)(H,37,42);1H,(H,2,3). The second kappa shape index (κ2) is 14.4. The molecule has 4 heterocycles. The van der Waals surface area contributed by atoms with Crippen LogP contribution in [0.5, 0.6) is 0 Å². The summed E-state index contributed by atoms with van der Waals surface area (Å²) in [5.41, 5.74) is 3.60. The fraction of sp³-hybridized carbons (Fsp3) is 0.324. The lowest BCUT2D eigenvalue weighted by Gasteiger charge is -2.50. The maximum atomic E-state index is 14.0. The first-order chi connectivity index (χ1) is 22.2. The molecule has 3 unspecified atom stereocenters. The van der Waals surface area contributed by atoms with E-state index in [1.807, 2.05) is 4.90 Å². The van der Waals surface area contributed by atoms with E-state index in [1.54, 1.807) is 42.5 Å². The van der Waals surface area contributed by atoms with E-state index in [1.165, 1.54) is 24.3 Å². The summed E-state index contributed by atoms with van der Waals surface area (Å²) in [7, 11) is 2.08. The maximum Gasteiger partial charge on any atom is 0.290 e. The molecule has 4 aliphatic heterocycles. The van der Waals surface area contributed by atoms with Crippen molar-refractivity contribution in [1.29, 1.82) is 0 Å². The third-order valence-electron chi connectivity index (χ3n) is 8.59. The topological polar surface area (TPSA) is 131 Å². The van der Waals surface area contributed by atoms with Crippen molar-refractivity contribution in [1.82, 2.24) is 20.4 Å². The van der Waals surface area contributed by atoms with E-state index >= 15 is 0 Å². The second-order valence-electron chi connectivity index (χ2n) is 11.6. The van der Waals surface area contributed by atoms with E-state index in [2.05, 4.69) is 27.6 Å². The van der Waals surface area contributed by atoms with Gasteiger partial charge in [0.05, 0.1) is 6.42 Å². The predicted molar refractivity (Wildman–Crippen MR) is 166 cm³/mol. The zero-order chi connectivity index (χ0) is 32.8. The maximum absolute atomic E-state index is 14.0. The van der Waals surface area contributed by atoms with E-state index in [-0.39, 0.29) is 67.1 Å². The Morgan fingerprint density at radius 2 is 1.43 bits per heavy atom. The van der Waals surface area contributed by atoms with Crippen molar-refractivity contribution in [2.75, 3.05) is 20.1 Å². The summed E-state index contributed by atoms with van der Waals surface area (Å²) in [6.07, 6.45) is 2.03. The van der Waals surface area contributed by atoms with Gasteiger partial charge in [-0.05, 0) is 72.5 Å². The van der Waals surface area contributed by atoms with Crippen molar-refractivity contribution >= 4 is 29.9 Å². The van der Waals surface area contributed by atoms with E-state index in [0.29, 0.717) is 29.3 Å². The molecule has 10 nitrogen and oxygen atoms in total. The van der Waals surface area contributed by atoms with Crippen LogP contribution in [-0.2, 0) is 38.7 Å². The van der Waals surface area contributed by atoms with Crippen molar-refractivity contribution in [3.8, 4) is 0 Å². The summed E-state index contributed by atoms with van der Waals surface area (Å²) in [5, 5.41) is 12.6. The molecule has 3 amide bonds. The summed E-state index contributed by atoms with van der Waals surface area (Å²) in [5.74, 6) is -1.48. The number of hydrogen-bond donors (Lipinski definition) is 3. The minimum absolute atomic E-state index is 0.0661. The van der Waals surface area contributed by atoms with Gasteiger partial charge in [0.15, 0.2) is 6.04 Å². The molecule has 2 bridgehead atoms. The number of hydrogen-bond acceptors (Lipinski definition) is 6. The Morgan fingerprint density at radius 1 is 0.870 bits per heavy atom. The number of rotatable bonds is 8. The highest BCUT2D eigenvalue weighted by atomic mass is 19.1. The predicted octanol–water partition coefficient (Wildman–Crippen LogP) is 2.99. The fourth-order valence-electron chi connectivity index (χ4n) is 6.16. The SMILES string of the molecule is CN1CC2CCC1CN2C(=O)C1=NC(C(=O)NCc2ccc(F)cc2)c2ccc(CC(=O)NCc3ccc(F)cc3)cc21.O=CO. The normalized spacial score (nSPS) is 19.8. The van der Waals surface area contributed by atoms with Crippen LogP contribution in [0.2, 0.25) is 0 Å². The number of carbonyl (C=O) groups excluding carboxylic acids is 3. The zero-order valence-corrected chi connectivity index (χ0v) is 25.3. The van der Waals surface area contributed by atoms with Gasteiger partial charge in [0, 0.05) is 43.8 Å². The van der Waals surface area contributed by atoms with E-state index in [9.17, 15) is 23.2 Å². The van der Waals surface area contributed by atoms with Crippen molar-refractivity contribution in [2.24, 2.45) is 4.99 Å². The van der Waals surface area contributed by atoms with Crippen LogP contribution in [0.15, 0.2) is 71.7 Å². The lowest BCUT2D eigenvalue weighted by Crippen LogP contribution is -2.63. The number of fused-ring (bicyclic) bond motifs is 4. The number of halogens is 2. The van der Waals surface area contributed by atoms with Crippen LogP contribution in [0, 0.1) is 11.6 Å². The van der Waals surface area contributed by atoms with Crippen LogP contribution in [0.1, 0.15) is 46.7 Å². The van der Waals surface area contributed by atoms with E-state index < -0.39 is 6.04 Å². The molecule has 0 spiro atoms. The van der Waals surface area contributed by atoms with Gasteiger partial charge in [0.1, 0.15) is 17.3 Å². The highest BCUT2D eigenvalue weighted by Crippen LogP contribution is 2.34. The van der Waals surface area contributed by atoms with E-state index in [4.69, 9.17) is 9.90 Å². The summed E-state index contributed by atoms with van der Waals surface area (Å²) in [6.45, 7) is 1.61. The molecule has 3 saturated heterocycles. The van der Waals surface area contributed by atoms with Crippen molar-refractivity contribution in [2.45, 2.75) is 50.5 Å². The molecule has 0 aliphatic carbocycles. The number of nitrogens with one attached hydrogen (secondary N) is 2. The average Bonchev–Trinajstić information content (AvgIpc) is 3.43. The molecule has 0 radical (unpaired) electrons. The molecule has 3 fully saturated rings. The number of likely N-dealkylation sites (N-methyl/N-ethyl adjacent to an activating group) is 1. The van der Waals surface area contributed by atoms with Crippen molar-refractivity contribution in [3.05, 3.63) is 106 Å². The number of benzene rings is 3. The molecule has 0 saturated carbocycles. The molecule has 12 heteroatoms. The first kappa shape index (κ1) is 32.4. The molecular formula is C34H35F2N5O5. The average molecular weight is 632 g/mol. The van der Waals surface area contributed by atoms with Gasteiger partial charge >= 0.3 is 0 Å². The molecular weight excluding hydrogens is 596 g/mol. The largest absolute Gasteiger partial charge is 0.483 e. The molecule has 3 aromatic rings. The Hall–Kier alpha value is -4.97. The van der Waals surface area contributed by atoms with Gasteiger partial charge < -0.3 is 20.6 Å². The minimum Gasteiger partial charge on any atom is -0.483 e. The minimum atomic E-state index is -0.916. The number of piperidine rings is 2. The number of amides is 3. The van der Waals surface area contributed by atoms with Crippen LogP contribution in [0.3, 0.4) is 0 Å². The van der Waals surface area contributed by atoms with Gasteiger partial charge in [-0.25, -0.2) is 8.78 Å². The van der Waals surface area contributed by atoms with Gasteiger partial charge in [0.25, 0.3) is 12.4 Å². The van der Waals surface area contributed by atoms with Crippen LogP contribution in [0.25, 0.3) is 0 Å². The fourth-order valence-corrected chi connectivity index (χ4v) is 6.16. The first-order valence-electron chi connectivity index (χ1n) is 15.0. The smallest absolute Gasteiger partial charge is 0.290 e. The Morgan fingerprint density at radius 3 is 2.00 bits per heavy atom. The Labute approximate surface area is 265 Å². The Kier molecular flexibility index (Phi) is 10.2. The van der Waals surface area contributed by atoms with Gasteiger partial charge in [-0.2, -0.15) is 0 Å². The van der Waals surface area contributed by atoms with Gasteiger partial charge in [-0.3, -0.25) is 29.1 Å². The zero-order valence-electron chi connectivity index (χ0n) is 25.3. The van der Waals surface area contributed by atoms with Gasteiger partial charge in [-0.1, -0.05) is 36.4 Å². The summed E-state index contributed by atoms with van der Waals surface area (Å²) >= 11 is 0. The van der Waals surface area contributed by atoms with Crippen molar-refractivity contribution < 1.29 is 33.1 Å². The molecule has 0 aromatic heterocycles. The molecule has 3 atom stereocenters. The Balaban J connectivity index is 0.00000134.